The number of nitrogens with one attached hydrogen (secondary N) is 1. The Balaban J connectivity index is 2.68. The van der Waals surface area contributed by atoms with Gasteiger partial charge in [0.2, 0.25) is 0 Å². The van der Waals surface area contributed by atoms with Crippen molar-refractivity contribution in [3.05, 3.63) is 23.6 Å². The fourth-order valence-corrected chi connectivity index (χ4v) is 1.74. The molecule has 108 valence electrons. The minimum Gasteiger partial charge on any atom is -0.377 e. The Morgan fingerprint density at radius 1 is 1.47 bits per heavy atom. The highest BCUT2D eigenvalue weighted by molar-refractivity contribution is 5.46. The van der Waals surface area contributed by atoms with Gasteiger partial charge in [0, 0.05) is 25.7 Å². The van der Waals surface area contributed by atoms with Gasteiger partial charge in [0.15, 0.2) is 0 Å². The standard InChI is InChI=1S/C14H24FN3O/c1-5-16-9-12-8-13(15)10-17-14(12)18(4)6-7-19-11(2)3/h8,10-11,16H,5-7,9H2,1-4H3. The third-order valence-corrected chi connectivity index (χ3v) is 2.71. The first-order valence-electron chi connectivity index (χ1n) is 6.72. The topological polar surface area (TPSA) is 37.4 Å². The summed E-state index contributed by atoms with van der Waals surface area (Å²) in [7, 11) is 1.94. The van der Waals surface area contributed by atoms with Crippen molar-refractivity contribution in [1.82, 2.24) is 10.3 Å². The van der Waals surface area contributed by atoms with Crippen LogP contribution in [0.4, 0.5) is 10.2 Å². The van der Waals surface area contributed by atoms with E-state index in [2.05, 4.69) is 10.3 Å². The predicted octanol–water partition coefficient (Wildman–Crippen LogP) is 2.19. The molecule has 0 atom stereocenters. The van der Waals surface area contributed by atoms with Crippen LogP contribution in [0.25, 0.3) is 0 Å². The van der Waals surface area contributed by atoms with E-state index in [0.29, 0.717) is 13.2 Å². The molecule has 0 spiro atoms. The quantitative estimate of drug-likeness (QED) is 0.785. The van der Waals surface area contributed by atoms with Gasteiger partial charge in [0.25, 0.3) is 0 Å². The van der Waals surface area contributed by atoms with E-state index in [1.165, 1.54) is 12.3 Å². The van der Waals surface area contributed by atoms with Crippen LogP contribution in [0.15, 0.2) is 12.3 Å². The number of ether oxygens (including phenoxy) is 1. The smallest absolute Gasteiger partial charge is 0.141 e. The molecule has 1 N–H and O–H groups in total. The average molecular weight is 269 g/mol. The highest BCUT2D eigenvalue weighted by atomic mass is 19.1. The summed E-state index contributed by atoms with van der Waals surface area (Å²) >= 11 is 0. The van der Waals surface area contributed by atoms with Gasteiger partial charge in [-0.25, -0.2) is 9.37 Å². The zero-order chi connectivity index (χ0) is 14.3. The first-order chi connectivity index (χ1) is 9.04. The van der Waals surface area contributed by atoms with Crippen LogP contribution in [0, 0.1) is 5.82 Å². The fourth-order valence-electron chi connectivity index (χ4n) is 1.74. The minimum absolute atomic E-state index is 0.218. The summed E-state index contributed by atoms with van der Waals surface area (Å²) in [4.78, 5) is 6.18. The fraction of sp³-hybridized carbons (Fsp3) is 0.643. The molecule has 0 unspecified atom stereocenters. The molecule has 5 heteroatoms. The van der Waals surface area contributed by atoms with Gasteiger partial charge in [-0.2, -0.15) is 0 Å². The zero-order valence-electron chi connectivity index (χ0n) is 12.2. The lowest BCUT2D eigenvalue weighted by atomic mass is 10.2. The molecule has 0 fully saturated rings. The summed E-state index contributed by atoms with van der Waals surface area (Å²) in [6.45, 7) is 8.86. The largest absolute Gasteiger partial charge is 0.377 e. The van der Waals surface area contributed by atoms with E-state index in [1.54, 1.807) is 0 Å². The van der Waals surface area contributed by atoms with Crippen molar-refractivity contribution in [3.8, 4) is 0 Å². The van der Waals surface area contributed by atoms with Gasteiger partial charge in [-0.05, 0) is 26.5 Å². The molecule has 0 bridgehead atoms. The molecule has 0 radical (unpaired) electrons. The summed E-state index contributed by atoms with van der Waals surface area (Å²) < 4.78 is 18.8. The van der Waals surface area contributed by atoms with Gasteiger partial charge in [-0.1, -0.05) is 6.92 Å². The maximum absolute atomic E-state index is 13.3. The molecular weight excluding hydrogens is 245 g/mol. The van der Waals surface area contributed by atoms with Gasteiger partial charge >= 0.3 is 0 Å². The van der Waals surface area contributed by atoms with Crippen LogP contribution >= 0.6 is 0 Å². The first-order valence-corrected chi connectivity index (χ1v) is 6.72. The maximum atomic E-state index is 13.3. The number of pyridine rings is 1. The summed E-state index contributed by atoms with van der Waals surface area (Å²) in [6, 6.07) is 1.53. The number of hydrogen-bond donors (Lipinski definition) is 1. The zero-order valence-corrected chi connectivity index (χ0v) is 12.2. The Hall–Kier alpha value is -1.20. The molecule has 0 aliphatic rings. The van der Waals surface area contributed by atoms with Gasteiger partial charge in [-0.15, -0.1) is 0 Å². The van der Waals surface area contributed by atoms with Gasteiger partial charge in [0.1, 0.15) is 11.6 Å². The van der Waals surface area contributed by atoms with Crippen LogP contribution in [0.3, 0.4) is 0 Å². The van der Waals surface area contributed by atoms with Crippen molar-refractivity contribution in [3.63, 3.8) is 0 Å². The van der Waals surface area contributed by atoms with E-state index in [1.807, 2.05) is 32.7 Å². The van der Waals surface area contributed by atoms with E-state index in [-0.39, 0.29) is 11.9 Å². The number of hydrogen-bond acceptors (Lipinski definition) is 4. The van der Waals surface area contributed by atoms with Crippen molar-refractivity contribution in [2.24, 2.45) is 0 Å². The summed E-state index contributed by atoms with van der Waals surface area (Å²) in [5.74, 6) is 0.498. The van der Waals surface area contributed by atoms with E-state index in [4.69, 9.17) is 4.74 Å². The summed E-state index contributed by atoms with van der Waals surface area (Å²) in [5.41, 5.74) is 0.869. The number of likely N-dealkylation sites (N-methyl/N-ethyl adjacent to an activating group) is 1. The number of aromatic nitrogens is 1. The van der Waals surface area contributed by atoms with Gasteiger partial charge in [-0.3, -0.25) is 0 Å². The lowest BCUT2D eigenvalue weighted by Crippen LogP contribution is -2.27. The second-order valence-corrected chi connectivity index (χ2v) is 4.76. The number of halogens is 1. The second-order valence-electron chi connectivity index (χ2n) is 4.76. The number of nitrogens with zero attached hydrogens (tertiary/aromatic N) is 2. The Labute approximate surface area is 115 Å². The monoisotopic (exact) mass is 269 g/mol. The Bertz CT molecular complexity index is 385. The molecule has 19 heavy (non-hydrogen) atoms. The van der Waals surface area contributed by atoms with Crippen LogP contribution < -0.4 is 10.2 Å². The Morgan fingerprint density at radius 3 is 2.84 bits per heavy atom. The van der Waals surface area contributed by atoms with Crippen molar-refractivity contribution in [2.45, 2.75) is 33.4 Å². The molecule has 1 aromatic heterocycles. The van der Waals surface area contributed by atoms with Gasteiger partial charge < -0.3 is 15.0 Å². The lowest BCUT2D eigenvalue weighted by Gasteiger charge is -2.22. The third kappa shape index (κ3) is 5.53. The molecule has 0 saturated carbocycles. The Morgan fingerprint density at radius 2 is 2.21 bits per heavy atom. The molecule has 1 aromatic rings. The molecule has 1 heterocycles. The Kier molecular flexibility index (Phi) is 6.73. The first kappa shape index (κ1) is 15.9. The normalized spacial score (nSPS) is 11.1. The molecule has 0 aliphatic heterocycles. The SMILES string of the molecule is CCNCc1cc(F)cnc1N(C)CCOC(C)C. The molecule has 0 saturated heterocycles. The van der Waals surface area contributed by atoms with E-state index >= 15 is 0 Å². The molecule has 0 amide bonds. The van der Waals surface area contributed by atoms with E-state index in [9.17, 15) is 4.39 Å². The highest BCUT2D eigenvalue weighted by Crippen LogP contribution is 2.17. The van der Waals surface area contributed by atoms with Crippen LogP contribution in [-0.2, 0) is 11.3 Å². The van der Waals surface area contributed by atoms with Crippen LogP contribution in [0.5, 0.6) is 0 Å². The molecular formula is C14H24FN3O. The van der Waals surface area contributed by atoms with Gasteiger partial charge in [0.05, 0.1) is 18.9 Å². The maximum Gasteiger partial charge on any atom is 0.141 e. The highest BCUT2D eigenvalue weighted by Gasteiger charge is 2.10. The van der Waals surface area contributed by atoms with E-state index < -0.39 is 0 Å². The molecule has 4 nitrogen and oxygen atoms in total. The number of anilines is 1. The van der Waals surface area contributed by atoms with Crippen molar-refractivity contribution in [1.29, 1.82) is 0 Å². The third-order valence-electron chi connectivity index (χ3n) is 2.71. The summed E-state index contributed by atoms with van der Waals surface area (Å²) in [6.07, 6.45) is 1.47. The molecule has 1 rings (SSSR count). The van der Waals surface area contributed by atoms with Crippen molar-refractivity contribution >= 4 is 5.82 Å². The van der Waals surface area contributed by atoms with Crippen LogP contribution in [0.2, 0.25) is 0 Å². The van der Waals surface area contributed by atoms with Crippen molar-refractivity contribution < 1.29 is 9.13 Å². The lowest BCUT2D eigenvalue weighted by molar-refractivity contribution is 0.0845. The van der Waals surface area contributed by atoms with E-state index in [0.717, 1.165) is 24.5 Å². The van der Waals surface area contributed by atoms with Crippen LogP contribution in [-0.4, -0.2) is 37.8 Å². The summed E-state index contributed by atoms with van der Waals surface area (Å²) in [5, 5.41) is 3.20. The predicted molar refractivity (Wildman–Crippen MR) is 75.9 cm³/mol. The van der Waals surface area contributed by atoms with Crippen LogP contribution in [0.1, 0.15) is 26.3 Å². The van der Waals surface area contributed by atoms with Crippen molar-refractivity contribution in [2.75, 3.05) is 31.6 Å². The number of rotatable bonds is 8. The minimum atomic E-state index is -0.302. The molecule has 0 aliphatic carbocycles. The molecule has 0 aromatic carbocycles. The second kappa shape index (κ2) is 8.07. The average Bonchev–Trinajstić information content (AvgIpc) is 2.35.